The molecule has 0 radical (unpaired) electrons. The predicted molar refractivity (Wildman–Crippen MR) is 70.7 cm³/mol. The lowest BCUT2D eigenvalue weighted by atomic mass is 9.91. The Bertz CT molecular complexity index is 363. The fourth-order valence-electron chi connectivity index (χ4n) is 2.73. The Hall–Kier alpha value is -1.18. The van der Waals surface area contributed by atoms with Crippen LogP contribution in [0.25, 0.3) is 0 Å². The summed E-state index contributed by atoms with van der Waals surface area (Å²) in [6.07, 6.45) is 1.35. The van der Waals surface area contributed by atoms with E-state index in [0.717, 1.165) is 17.5 Å². The van der Waals surface area contributed by atoms with Crippen molar-refractivity contribution in [2.75, 3.05) is 23.7 Å². The quantitative estimate of drug-likeness (QED) is 0.734. The summed E-state index contributed by atoms with van der Waals surface area (Å²) in [5.74, 6) is 1.59. The average molecular weight is 218 g/mol. The zero-order valence-corrected chi connectivity index (χ0v) is 10.5. The number of hydrogen-bond donors (Lipinski definition) is 1. The minimum Gasteiger partial charge on any atom is -0.399 e. The van der Waals surface area contributed by atoms with E-state index < -0.39 is 0 Å². The molecule has 2 N–H and O–H groups in total. The molecule has 2 atom stereocenters. The van der Waals surface area contributed by atoms with Gasteiger partial charge in [0.2, 0.25) is 0 Å². The molecule has 0 spiro atoms. The van der Waals surface area contributed by atoms with Crippen molar-refractivity contribution in [3.63, 3.8) is 0 Å². The maximum Gasteiger partial charge on any atom is 0.0370 e. The molecule has 0 aliphatic carbocycles. The number of rotatable bonds is 1. The van der Waals surface area contributed by atoms with Gasteiger partial charge in [0.1, 0.15) is 0 Å². The van der Waals surface area contributed by atoms with E-state index in [1.807, 2.05) is 6.07 Å². The van der Waals surface area contributed by atoms with Gasteiger partial charge in [0.15, 0.2) is 0 Å². The Morgan fingerprint density at radius 3 is 2.38 bits per heavy atom. The highest BCUT2D eigenvalue weighted by atomic mass is 15.1. The molecule has 16 heavy (non-hydrogen) atoms. The number of piperidine rings is 1. The second-order valence-electron chi connectivity index (χ2n) is 5.39. The van der Waals surface area contributed by atoms with E-state index in [1.54, 1.807) is 0 Å². The molecule has 2 heteroatoms. The summed E-state index contributed by atoms with van der Waals surface area (Å²) in [4.78, 5) is 2.49. The zero-order valence-electron chi connectivity index (χ0n) is 10.5. The van der Waals surface area contributed by atoms with Crippen molar-refractivity contribution in [2.24, 2.45) is 11.8 Å². The molecule has 1 aliphatic heterocycles. The summed E-state index contributed by atoms with van der Waals surface area (Å²) in [6, 6.07) is 6.38. The maximum atomic E-state index is 5.85. The largest absolute Gasteiger partial charge is 0.399 e. The number of nitrogen functional groups attached to an aromatic ring is 1. The molecule has 2 nitrogen and oxygen atoms in total. The molecule has 1 saturated heterocycles. The van der Waals surface area contributed by atoms with Crippen LogP contribution in [-0.4, -0.2) is 13.1 Å². The van der Waals surface area contributed by atoms with E-state index in [2.05, 4.69) is 37.8 Å². The molecular weight excluding hydrogens is 196 g/mol. The molecule has 88 valence electrons. The minimum atomic E-state index is 0.793. The molecule has 0 amide bonds. The molecule has 1 aromatic rings. The van der Waals surface area contributed by atoms with Gasteiger partial charge in [-0.1, -0.05) is 13.8 Å². The summed E-state index contributed by atoms with van der Waals surface area (Å²) in [5, 5.41) is 0. The number of nitrogens with two attached hydrogens (primary N) is 1. The van der Waals surface area contributed by atoms with Crippen LogP contribution in [0, 0.1) is 18.8 Å². The molecular formula is C14H22N2. The maximum absolute atomic E-state index is 5.85. The highest BCUT2D eigenvalue weighted by molar-refractivity contribution is 5.58. The lowest BCUT2D eigenvalue weighted by molar-refractivity contribution is 0.357. The monoisotopic (exact) mass is 218 g/mol. The first kappa shape index (κ1) is 11.3. The van der Waals surface area contributed by atoms with Gasteiger partial charge in [-0.15, -0.1) is 0 Å². The van der Waals surface area contributed by atoms with E-state index in [4.69, 9.17) is 5.73 Å². The first-order valence-corrected chi connectivity index (χ1v) is 6.17. The fourth-order valence-corrected chi connectivity index (χ4v) is 2.73. The Labute approximate surface area is 98.4 Å². The topological polar surface area (TPSA) is 29.3 Å². The van der Waals surface area contributed by atoms with Crippen LogP contribution in [0.5, 0.6) is 0 Å². The smallest absolute Gasteiger partial charge is 0.0370 e. The van der Waals surface area contributed by atoms with E-state index in [0.29, 0.717) is 0 Å². The summed E-state index contributed by atoms with van der Waals surface area (Å²) in [5.41, 5.74) is 9.25. The lowest BCUT2D eigenvalue weighted by Crippen LogP contribution is -2.38. The Kier molecular flexibility index (Phi) is 3.08. The Balaban J connectivity index is 2.19. The van der Waals surface area contributed by atoms with Crippen LogP contribution in [0.15, 0.2) is 18.2 Å². The number of anilines is 2. The Morgan fingerprint density at radius 2 is 1.81 bits per heavy atom. The van der Waals surface area contributed by atoms with Crippen molar-refractivity contribution in [3.8, 4) is 0 Å². The first-order chi connectivity index (χ1) is 7.56. The predicted octanol–water partition coefficient (Wildman–Crippen LogP) is 3.06. The van der Waals surface area contributed by atoms with Gasteiger partial charge in [0, 0.05) is 24.5 Å². The van der Waals surface area contributed by atoms with Crippen LogP contribution in [0.3, 0.4) is 0 Å². The second kappa shape index (κ2) is 4.36. The van der Waals surface area contributed by atoms with Crippen LogP contribution in [0.4, 0.5) is 11.4 Å². The SMILES string of the molecule is Cc1cc(N2C[C@H](C)C[C@@H](C)C2)ccc1N. The van der Waals surface area contributed by atoms with Gasteiger partial charge >= 0.3 is 0 Å². The third-order valence-electron chi connectivity index (χ3n) is 3.49. The van der Waals surface area contributed by atoms with Crippen LogP contribution in [-0.2, 0) is 0 Å². The van der Waals surface area contributed by atoms with Crippen LogP contribution >= 0.6 is 0 Å². The van der Waals surface area contributed by atoms with Gasteiger partial charge < -0.3 is 10.6 Å². The highest BCUT2D eigenvalue weighted by Gasteiger charge is 2.21. The van der Waals surface area contributed by atoms with Crippen molar-refractivity contribution in [1.29, 1.82) is 0 Å². The van der Waals surface area contributed by atoms with Crippen LogP contribution in [0.1, 0.15) is 25.8 Å². The molecule has 0 saturated carbocycles. The molecule has 1 fully saturated rings. The van der Waals surface area contributed by atoms with Gasteiger partial charge in [0.05, 0.1) is 0 Å². The molecule has 2 rings (SSSR count). The molecule has 1 aliphatic rings. The van der Waals surface area contributed by atoms with Crippen molar-refractivity contribution >= 4 is 11.4 Å². The fraction of sp³-hybridized carbons (Fsp3) is 0.571. The van der Waals surface area contributed by atoms with Crippen molar-refractivity contribution in [3.05, 3.63) is 23.8 Å². The van der Waals surface area contributed by atoms with Crippen molar-refractivity contribution in [2.45, 2.75) is 27.2 Å². The first-order valence-electron chi connectivity index (χ1n) is 6.17. The third-order valence-corrected chi connectivity index (χ3v) is 3.49. The normalized spacial score (nSPS) is 25.8. The molecule has 0 aromatic heterocycles. The summed E-state index contributed by atoms with van der Waals surface area (Å²) < 4.78 is 0. The molecule has 0 unspecified atom stereocenters. The average Bonchev–Trinajstić information content (AvgIpc) is 2.20. The van der Waals surface area contributed by atoms with Crippen LogP contribution in [0.2, 0.25) is 0 Å². The van der Waals surface area contributed by atoms with Gasteiger partial charge in [0.25, 0.3) is 0 Å². The van der Waals surface area contributed by atoms with Crippen molar-refractivity contribution in [1.82, 2.24) is 0 Å². The highest BCUT2D eigenvalue weighted by Crippen LogP contribution is 2.28. The molecule has 1 aromatic carbocycles. The van der Waals surface area contributed by atoms with Crippen molar-refractivity contribution < 1.29 is 0 Å². The zero-order chi connectivity index (χ0) is 11.7. The summed E-state index contributed by atoms with van der Waals surface area (Å²) in [6.45, 7) is 9.11. The third kappa shape index (κ3) is 2.31. The molecule has 0 bridgehead atoms. The number of aryl methyl sites for hydroxylation is 1. The van der Waals surface area contributed by atoms with Crippen LogP contribution < -0.4 is 10.6 Å². The standard InChI is InChI=1S/C14H22N2/c1-10-6-11(2)9-16(8-10)13-4-5-14(15)12(3)7-13/h4-5,7,10-11H,6,8-9,15H2,1-3H3/t10-,11-/m1/s1. The molecule has 1 heterocycles. The second-order valence-corrected chi connectivity index (χ2v) is 5.39. The van der Waals surface area contributed by atoms with E-state index >= 15 is 0 Å². The van der Waals surface area contributed by atoms with Gasteiger partial charge in [-0.3, -0.25) is 0 Å². The number of hydrogen-bond acceptors (Lipinski definition) is 2. The number of benzene rings is 1. The Morgan fingerprint density at radius 1 is 1.19 bits per heavy atom. The van der Waals surface area contributed by atoms with E-state index in [9.17, 15) is 0 Å². The van der Waals surface area contributed by atoms with E-state index in [-0.39, 0.29) is 0 Å². The number of nitrogens with zero attached hydrogens (tertiary/aromatic N) is 1. The van der Waals surface area contributed by atoms with Gasteiger partial charge in [-0.25, -0.2) is 0 Å². The van der Waals surface area contributed by atoms with Gasteiger partial charge in [-0.05, 0) is 48.9 Å². The van der Waals surface area contributed by atoms with Gasteiger partial charge in [-0.2, -0.15) is 0 Å². The minimum absolute atomic E-state index is 0.793. The summed E-state index contributed by atoms with van der Waals surface area (Å²) in [7, 11) is 0. The lowest BCUT2D eigenvalue weighted by Gasteiger charge is -2.36. The van der Waals surface area contributed by atoms with E-state index in [1.165, 1.54) is 30.8 Å². The summed E-state index contributed by atoms with van der Waals surface area (Å²) >= 11 is 0.